The molecular weight excluding hydrogens is 372 g/mol. The third-order valence-corrected chi connectivity index (χ3v) is 5.08. The molecule has 2 aliphatic rings. The summed E-state index contributed by atoms with van der Waals surface area (Å²) in [7, 11) is 0. The normalized spacial score (nSPS) is 20.4. The number of ether oxygens (including phenoxy) is 2. The van der Waals surface area contributed by atoms with Gasteiger partial charge in [0, 0.05) is 51.5 Å². The van der Waals surface area contributed by atoms with E-state index in [1.165, 1.54) is 0 Å². The van der Waals surface area contributed by atoms with Crippen LogP contribution in [-0.2, 0) is 14.3 Å². The number of hydrogen-bond donors (Lipinski definition) is 1. The Balaban J connectivity index is 1.32. The van der Waals surface area contributed by atoms with Crippen molar-refractivity contribution in [2.24, 2.45) is 0 Å². The highest BCUT2D eigenvalue weighted by molar-refractivity contribution is 5.76. The van der Waals surface area contributed by atoms with Crippen LogP contribution in [0, 0.1) is 0 Å². The zero-order valence-electron chi connectivity index (χ0n) is 16.4. The summed E-state index contributed by atoms with van der Waals surface area (Å²) < 4.78 is 11.3. The Kier molecular flexibility index (Phi) is 6.60. The summed E-state index contributed by atoms with van der Waals surface area (Å²) in [6.07, 6.45) is 5.31. The molecule has 2 aromatic rings. The molecular formula is C20H26N6O3. The van der Waals surface area contributed by atoms with E-state index in [0.717, 1.165) is 25.3 Å². The average Bonchev–Trinajstić information content (AvgIpc) is 2.79. The largest absolute Gasteiger partial charge is 0.378 e. The van der Waals surface area contributed by atoms with Gasteiger partial charge in [0.15, 0.2) is 0 Å². The molecule has 2 aliphatic heterocycles. The molecule has 0 radical (unpaired) electrons. The van der Waals surface area contributed by atoms with E-state index < -0.39 is 0 Å². The fraction of sp³-hybridized carbons (Fsp3) is 0.500. The third kappa shape index (κ3) is 5.47. The summed E-state index contributed by atoms with van der Waals surface area (Å²) in [4.78, 5) is 29.5. The Hall–Kier alpha value is -2.62. The van der Waals surface area contributed by atoms with Crippen LogP contribution in [0.15, 0.2) is 36.8 Å². The Labute approximate surface area is 170 Å². The molecule has 4 rings (SSSR count). The molecule has 1 N–H and O–H groups in total. The quantitative estimate of drug-likeness (QED) is 0.777. The predicted molar refractivity (Wildman–Crippen MR) is 107 cm³/mol. The van der Waals surface area contributed by atoms with Crippen molar-refractivity contribution in [1.29, 1.82) is 0 Å². The highest BCUT2D eigenvalue weighted by Crippen LogP contribution is 2.23. The van der Waals surface area contributed by atoms with Crippen LogP contribution in [0.5, 0.6) is 0 Å². The van der Waals surface area contributed by atoms with Crippen LogP contribution in [0.3, 0.4) is 0 Å². The molecule has 29 heavy (non-hydrogen) atoms. The SMILES string of the molecule is O=C(CCN1CCO[C@@H](c2cccc(Nc3cnccn3)n2)C1)N1CCOCC1. The van der Waals surface area contributed by atoms with Crippen LogP contribution < -0.4 is 5.32 Å². The summed E-state index contributed by atoms with van der Waals surface area (Å²) in [5.74, 6) is 1.54. The number of hydrogen-bond acceptors (Lipinski definition) is 8. The second kappa shape index (κ2) is 9.73. The zero-order chi connectivity index (χ0) is 19.9. The van der Waals surface area contributed by atoms with Gasteiger partial charge in [0.2, 0.25) is 5.91 Å². The molecule has 1 atom stereocenters. The fourth-order valence-electron chi connectivity index (χ4n) is 3.50. The van der Waals surface area contributed by atoms with Gasteiger partial charge in [0.05, 0.1) is 31.7 Å². The first-order valence-electron chi connectivity index (χ1n) is 9.97. The van der Waals surface area contributed by atoms with Crippen molar-refractivity contribution in [3.8, 4) is 0 Å². The average molecular weight is 398 g/mol. The standard InChI is InChI=1S/C20H26N6O3/c27-20(26-9-11-28-12-10-26)4-7-25-8-13-29-17(15-25)16-2-1-3-18(23-16)24-19-14-21-5-6-22-19/h1-3,5-6,14,17H,4,7-13,15H2,(H,22,23,24)/t17-/m1/s1. The lowest BCUT2D eigenvalue weighted by atomic mass is 10.1. The molecule has 9 heteroatoms. The van der Waals surface area contributed by atoms with Crippen LogP contribution in [0.2, 0.25) is 0 Å². The van der Waals surface area contributed by atoms with E-state index in [9.17, 15) is 4.79 Å². The Morgan fingerprint density at radius 2 is 2.03 bits per heavy atom. The second-order valence-electron chi connectivity index (χ2n) is 7.07. The summed E-state index contributed by atoms with van der Waals surface area (Å²) in [6, 6.07) is 5.81. The number of pyridine rings is 1. The first-order chi connectivity index (χ1) is 14.3. The molecule has 0 aliphatic carbocycles. The van der Waals surface area contributed by atoms with Gasteiger partial charge in [-0.1, -0.05) is 6.07 Å². The topological polar surface area (TPSA) is 92.7 Å². The molecule has 9 nitrogen and oxygen atoms in total. The maximum Gasteiger partial charge on any atom is 0.224 e. The number of nitrogens with one attached hydrogen (secondary N) is 1. The lowest BCUT2D eigenvalue weighted by molar-refractivity contribution is -0.136. The molecule has 4 heterocycles. The highest BCUT2D eigenvalue weighted by atomic mass is 16.5. The van der Waals surface area contributed by atoms with Crippen molar-refractivity contribution in [2.45, 2.75) is 12.5 Å². The van der Waals surface area contributed by atoms with Crippen molar-refractivity contribution in [3.05, 3.63) is 42.5 Å². The summed E-state index contributed by atoms with van der Waals surface area (Å²) in [5, 5.41) is 3.16. The monoisotopic (exact) mass is 398 g/mol. The lowest BCUT2D eigenvalue weighted by Gasteiger charge is -2.33. The minimum absolute atomic E-state index is 0.120. The van der Waals surface area contributed by atoms with Gasteiger partial charge in [-0.05, 0) is 12.1 Å². The predicted octanol–water partition coefficient (Wildman–Crippen LogP) is 1.24. The van der Waals surface area contributed by atoms with Gasteiger partial charge in [-0.25, -0.2) is 9.97 Å². The lowest BCUT2D eigenvalue weighted by Crippen LogP contribution is -2.44. The molecule has 0 aromatic carbocycles. The van der Waals surface area contributed by atoms with Crippen molar-refractivity contribution in [2.75, 3.05) is 57.9 Å². The van der Waals surface area contributed by atoms with Gasteiger partial charge in [-0.3, -0.25) is 14.7 Å². The summed E-state index contributed by atoms with van der Waals surface area (Å²) in [5.41, 5.74) is 0.864. The molecule has 0 saturated carbocycles. The number of anilines is 2. The fourth-order valence-corrected chi connectivity index (χ4v) is 3.50. The Morgan fingerprint density at radius 3 is 2.86 bits per heavy atom. The minimum Gasteiger partial charge on any atom is -0.378 e. The van der Waals surface area contributed by atoms with Gasteiger partial charge in [0.1, 0.15) is 17.7 Å². The van der Waals surface area contributed by atoms with Gasteiger partial charge in [0.25, 0.3) is 0 Å². The first-order valence-corrected chi connectivity index (χ1v) is 9.97. The van der Waals surface area contributed by atoms with E-state index in [2.05, 4.69) is 25.2 Å². The number of rotatable bonds is 6. The van der Waals surface area contributed by atoms with E-state index in [1.807, 2.05) is 23.1 Å². The zero-order valence-corrected chi connectivity index (χ0v) is 16.4. The molecule has 0 unspecified atom stereocenters. The molecule has 2 saturated heterocycles. The Bertz CT molecular complexity index is 800. The second-order valence-corrected chi connectivity index (χ2v) is 7.07. The maximum absolute atomic E-state index is 12.4. The van der Waals surface area contributed by atoms with Crippen molar-refractivity contribution in [3.63, 3.8) is 0 Å². The van der Waals surface area contributed by atoms with Crippen LogP contribution >= 0.6 is 0 Å². The molecule has 0 bridgehead atoms. The van der Waals surface area contributed by atoms with Gasteiger partial charge < -0.3 is 19.7 Å². The number of aromatic nitrogens is 3. The summed E-state index contributed by atoms with van der Waals surface area (Å²) in [6.45, 7) is 5.56. The smallest absolute Gasteiger partial charge is 0.224 e. The van der Waals surface area contributed by atoms with E-state index in [1.54, 1.807) is 18.6 Å². The summed E-state index contributed by atoms with van der Waals surface area (Å²) >= 11 is 0. The molecule has 2 fully saturated rings. The van der Waals surface area contributed by atoms with Crippen molar-refractivity contribution in [1.82, 2.24) is 24.8 Å². The Morgan fingerprint density at radius 1 is 1.14 bits per heavy atom. The van der Waals surface area contributed by atoms with Crippen LogP contribution in [-0.4, -0.2) is 83.2 Å². The number of carbonyl (C=O) groups excluding carboxylic acids is 1. The molecule has 1 amide bonds. The van der Waals surface area contributed by atoms with Crippen molar-refractivity contribution >= 4 is 17.5 Å². The molecule has 154 valence electrons. The maximum atomic E-state index is 12.4. The van der Waals surface area contributed by atoms with E-state index in [4.69, 9.17) is 9.47 Å². The first kappa shape index (κ1) is 19.7. The third-order valence-electron chi connectivity index (χ3n) is 5.08. The molecule has 0 spiro atoms. The number of carbonyl (C=O) groups is 1. The van der Waals surface area contributed by atoms with E-state index in [-0.39, 0.29) is 12.0 Å². The van der Waals surface area contributed by atoms with E-state index in [0.29, 0.717) is 51.0 Å². The van der Waals surface area contributed by atoms with Crippen LogP contribution in [0.4, 0.5) is 11.6 Å². The van der Waals surface area contributed by atoms with Gasteiger partial charge in [-0.15, -0.1) is 0 Å². The van der Waals surface area contributed by atoms with Crippen LogP contribution in [0.25, 0.3) is 0 Å². The van der Waals surface area contributed by atoms with Crippen molar-refractivity contribution < 1.29 is 14.3 Å². The minimum atomic E-state index is -0.120. The van der Waals surface area contributed by atoms with Crippen LogP contribution in [0.1, 0.15) is 18.2 Å². The van der Waals surface area contributed by atoms with Gasteiger partial charge >= 0.3 is 0 Å². The number of morpholine rings is 2. The number of amides is 1. The van der Waals surface area contributed by atoms with Gasteiger partial charge in [-0.2, -0.15) is 0 Å². The number of nitrogens with zero attached hydrogens (tertiary/aromatic N) is 5. The highest BCUT2D eigenvalue weighted by Gasteiger charge is 2.24. The van der Waals surface area contributed by atoms with E-state index >= 15 is 0 Å². The molecule has 2 aromatic heterocycles.